The first-order valence-corrected chi connectivity index (χ1v) is 6.17. The second-order valence-corrected chi connectivity index (χ2v) is 4.68. The lowest BCUT2D eigenvalue weighted by atomic mass is 10.2. The summed E-state index contributed by atoms with van der Waals surface area (Å²) in [6.07, 6.45) is 3.71. The Hall–Kier alpha value is -1.85. The summed E-state index contributed by atoms with van der Waals surface area (Å²) in [6.45, 7) is 6.44. The number of nitrogens with one attached hydrogen (secondary N) is 1. The molecule has 0 aliphatic carbocycles. The third kappa shape index (κ3) is 2.23. The largest absolute Gasteiger partial charge is 0.371 e. The van der Waals surface area contributed by atoms with Crippen LogP contribution in [0.15, 0.2) is 12.4 Å². The monoisotopic (exact) mass is 250 g/mol. The number of hydrogen-bond donors (Lipinski definition) is 1. The van der Waals surface area contributed by atoms with E-state index in [0.717, 1.165) is 12.2 Å². The van der Waals surface area contributed by atoms with Crippen molar-refractivity contribution in [2.75, 3.05) is 5.32 Å². The molecule has 98 valence electrons. The van der Waals surface area contributed by atoms with Gasteiger partial charge < -0.3 is 5.32 Å². The zero-order valence-electron chi connectivity index (χ0n) is 10.9. The first kappa shape index (κ1) is 12.6. The van der Waals surface area contributed by atoms with Gasteiger partial charge in [0.2, 0.25) is 5.91 Å². The van der Waals surface area contributed by atoms with Gasteiger partial charge in [0, 0.05) is 18.8 Å². The number of amides is 2. The summed E-state index contributed by atoms with van der Waals surface area (Å²) in [5, 5.41) is 7.18. The lowest BCUT2D eigenvalue weighted by Crippen LogP contribution is -2.39. The fourth-order valence-electron chi connectivity index (χ4n) is 2.12. The van der Waals surface area contributed by atoms with E-state index in [0.29, 0.717) is 0 Å². The predicted molar refractivity (Wildman–Crippen MR) is 66.9 cm³/mol. The maximum absolute atomic E-state index is 12.1. The second kappa shape index (κ2) is 4.80. The molecule has 0 spiro atoms. The van der Waals surface area contributed by atoms with Gasteiger partial charge in [-0.25, -0.2) is 0 Å². The minimum Gasteiger partial charge on any atom is -0.371 e. The van der Waals surface area contributed by atoms with Crippen LogP contribution >= 0.6 is 0 Å². The lowest BCUT2D eigenvalue weighted by molar-refractivity contribution is -0.140. The Labute approximate surface area is 106 Å². The van der Waals surface area contributed by atoms with Crippen LogP contribution in [-0.4, -0.2) is 38.6 Å². The summed E-state index contributed by atoms with van der Waals surface area (Å²) in [4.78, 5) is 25.1. The highest BCUT2D eigenvalue weighted by Crippen LogP contribution is 2.20. The molecular weight excluding hydrogens is 232 g/mol. The predicted octanol–water partition coefficient (Wildman–Crippen LogP) is 0.851. The molecule has 6 heteroatoms. The molecule has 1 aromatic rings. The molecule has 1 N–H and O–H groups in total. The normalized spacial score (nSPS) is 20.0. The summed E-state index contributed by atoms with van der Waals surface area (Å²) in [5.74, 6) is -0.269. The lowest BCUT2D eigenvalue weighted by Gasteiger charge is -2.19. The minimum absolute atomic E-state index is 0.0878. The van der Waals surface area contributed by atoms with Gasteiger partial charge in [-0.1, -0.05) is 0 Å². The molecule has 1 aliphatic rings. The average Bonchev–Trinajstić information content (AvgIpc) is 2.85. The molecule has 18 heavy (non-hydrogen) atoms. The summed E-state index contributed by atoms with van der Waals surface area (Å²) >= 11 is 0. The fourth-order valence-corrected chi connectivity index (χ4v) is 2.12. The van der Waals surface area contributed by atoms with Crippen molar-refractivity contribution in [3.8, 4) is 0 Å². The van der Waals surface area contributed by atoms with Crippen LogP contribution in [0.2, 0.25) is 0 Å². The number of aryl methyl sites for hydroxylation is 1. The van der Waals surface area contributed by atoms with Crippen LogP contribution in [0.4, 0.5) is 5.69 Å². The van der Waals surface area contributed by atoms with Gasteiger partial charge in [-0.05, 0) is 20.8 Å². The Morgan fingerprint density at radius 2 is 2.22 bits per heavy atom. The van der Waals surface area contributed by atoms with Gasteiger partial charge in [0.25, 0.3) is 5.91 Å². The van der Waals surface area contributed by atoms with Crippen molar-refractivity contribution >= 4 is 17.5 Å². The summed E-state index contributed by atoms with van der Waals surface area (Å²) < 4.78 is 1.77. The van der Waals surface area contributed by atoms with Crippen molar-refractivity contribution in [2.45, 2.75) is 45.8 Å². The molecule has 0 bridgehead atoms. The van der Waals surface area contributed by atoms with E-state index in [4.69, 9.17) is 0 Å². The standard InChI is InChI=1S/C12H18N4O2/c1-4-15-7-9(6-13-15)14-10-5-11(17)16(8(2)3)12(10)18/h6-8,10,14H,4-5H2,1-3H3. The van der Waals surface area contributed by atoms with E-state index in [2.05, 4.69) is 10.4 Å². The molecule has 1 unspecified atom stereocenters. The van der Waals surface area contributed by atoms with Gasteiger partial charge >= 0.3 is 0 Å². The zero-order chi connectivity index (χ0) is 13.3. The Kier molecular flexibility index (Phi) is 3.36. The number of likely N-dealkylation sites (tertiary alicyclic amines) is 1. The number of imide groups is 1. The molecule has 0 aromatic carbocycles. The second-order valence-electron chi connectivity index (χ2n) is 4.68. The van der Waals surface area contributed by atoms with Crippen LogP contribution in [0.25, 0.3) is 0 Å². The highest BCUT2D eigenvalue weighted by atomic mass is 16.2. The maximum atomic E-state index is 12.1. The molecule has 2 amide bonds. The topological polar surface area (TPSA) is 67.2 Å². The number of anilines is 1. The van der Waals surface area contributed by atoms with E-state index in [1.54, 1.807) is 10.9 Å². The van der Waals surface area contributed by atoms with E-state index >= 15 is 0 Å². The van der Waals surface area contributed by atoms with Crippen molar-refractivity contribution in [1.82, 2.24) is 14.7 Å². The van der Waals surface area contributed by atoms with Crippen molar-refractivity contribution in [3.63, 3.8) is 0 Å². The Bertz CT molecular complexity index is 466. The van der Waals surface area contributed by atoms with Gasteiger partial charge in [-0.3, -0.25) is 19.2 Å². The number of carbonyl (C=O) groups excluding carboxylic acids is 2. The summed E-state index contributed by atoms with van der Waals surface area (Å²) in [7, 11) is 0. The summed E-state index contributed by atoms with van der Waals surface area (Å²) in [6, 6.07) is -0.551. The van der Waals surface area contributed by atoms with Gasteiger partial charge in [0.05, 0.1) is 18.3 Å². The zero-order valence-corrected chi connectivity index (χ0v) is 10.9. The van der Waals surface area contributed by atoms with Crippen LogP contribution in [0, 0.1) is 0 Å². The quantitative estimate of drug-likeness (QED) is 0.804. The average molecular weight is 250 g/mol. The molecule has 1 fully saturated rings. The number of rotatable bonds is 4. The highest BCUT2D eigenvalue weighted by molar-refractivity contribution is 6.07. The van der Waals surface area contributed by atoms with Crippen LogP contribution in [0.1, 0.15) is 27.2 Å². The minimum atomic E-state index is -0.464. The van der Waals surface area contributed by atoms with Gasteiger partial charge in [0.15, 0.2) is 0 Å². The number of nitrogens with zero attached hydrogens (tertiary/aromatic N) is 3. The molecule has 0 saturated carbocycles. The van der Waals surface area contributed by atoms with Gasteiger partial charge in [0.1, 0.15) is 6.04 Å². The first-order chi connectivity index (χ1) is 8.52. The third-order valence-electron chi connectivity index (χ3n) is 3.00. The molecule has 1 atom stereocenters. The van der Waals surface area contributed by atoms with Crippen molar-refractivity contribution in [2.24, 2.45) is 0 Å². The molecule has 6 nitrogen and oxygen atoms in total. The molecular formula is C12H18N4O2. The van der Waals surface area contributed by atoms with Crippen molar-refractivity contribution in [3.05, 3.63) is 12.4 Å². The molecule has 2 rings (SSSR count). The third-order valence-corrected chi connectivity index (χ3v) is 3.00. The Morgan fingerprint density at radius 1 is 1.50 bits per heavy atom. The van der Waals surface area contributed by atoms with Crippen LogP contribution in [-0.2, 0) is 16.1 Å². The van der Waals surface area contributed by atoms with Crippen LogP contribution in [0.3, 0.4) is 0 Å². The van der Waals surface area contributed by atoms with E-state index in [1.165, 1.54) is 4.90 Å². The Morgan fingerprint density at radius 3 is 2.72 bits per heavy atom. The highest BCUT2D eigenvalue weighted by Gasteiger charge is 2.39. The molecule has 2 heterocycles. The summed E-state index contributed by atoms with van der Waals surface area (Å²) in [5.41, 5.74) is 0.772. The van der Waals surface area contributed by atoms with Gasteiger partial charge in [-0.2, -0.15) is 5.10 Å². The van der Waals surface area contributed by atoms with Crippen molar-refractivity contribution < 1.29 is 9.59 Å². The number of aromatic nitrogens is 2. The van der Waals surface area contributed by atoms with E-state index in [-0.39, 0.29) is 24.3 Å². The Balaban J connectivity index is 2.07. The SMILES string of the molecule is CCn1cc(NC2CC(=O)N(C(C)C)C2=O)cn1. The maximum Gasteiger partial charge on any atom is 0.252 e. The van der Waals surface area contributed by atoms with E-state index in [1.807, 2.05) is 27.0 Å². The first-order valence-electron chi connectivity index (χ1n) is 6.17. The van der Waals surface area contributed by atoms with Crippen LogP contribution in [0.5, 0.6) is 0 Å². The number of carbonyl (C=O) groups is 2. The van der Waals surface area contributed by atoms with E-state index in [9.17, 15) is 9.59 Å². The smallest absolute Gasteiger partial charge is 0.252 e. The molecule has 1 aliphatic heterocycles. The molecule has 1 saturated heterocycles. The fraction of sp³-hybridized carbons (Fsp3) is 0.583. The molecule has 0 radical (unpaired) electrons. The molecule has 1 aromatic heterocycles. The van der Waals surface area contributed by atoms with Gasteiger partial charge in [-0.15, -0.1) is 0 Å². The van der Waals surface area contributed by atoms with E-state index < -0.39 is 6.04 Å². The van der Waals surface area contributed by atoms with Crippen molar-refractivity contribution in [1.29, 1.82) is 0 Å². The van der Waals surface area contributed by atoms with Crippen LogP contribution < -0.4 is 5.32 Å². The number of hydrogen-bond acceptors (Lipinski definition) is 4.